The van der Waals surface area contributed by atoms with Crippen LogP contribution in [-0.2, 0) is 6.54 Å². The van der Waals surface area contributed by atoms with Crippen LogP contribution in [0.1, 0.15) is 11.1 Å². The summed E-state index contributed by atoms with van der Waals surface area (Å²) in [6.07, 6.45) is 0. The first kappa shape index (κ1) is 15.3. The predicted molar refractivity (Wildman–Crippen MR) is 87.4 cm³/mol. The van der Waals surface area contributed by atoms with E-state index in [9.17, 15) is 4.39 Å². The molecule has 2 rings (SSSR count). The van der Waals surface area contributed by atoms with Gasteiger partial charge in [-0.1, -0.05) is 30.4 Å². The SMILES string of the molecule is COc1ccc(C(N)=S)c(N(C)Cc2ccccc2F)c1. The first-order valence-corrected chi connectivity index (χ1v) is 6.86. The van der Waals surface area contributed by atoms with Crippen LogP contribution in [-0.4, -0.2) is 19.1 Å². The molecular formula is C16H17FN2OS. The van der Waals surface area contributed by atoms with Gasteiger partial charge in [0.25, 0.3) is 0 Å². The quantitative estimate of drug-likeness (QED) is 0.862. The van der Waals surface area contributed by atoms with Gasteiger partial charge in [0.2, 0.25) is 0 Å². The molecule has 2 aromatic carbocycles. The van der Waals surface area contributed by atoms with Gasteiger partial charge in [0.15, 0.2) is 0 Å². The minimum atomic E-state index is -0.232. The van der Waals surface area contributed by atoms with Crippen LogP contribution in [0.25, 0.3) is 0 Å². The molecule has 0 saturated carbocycles. The Morgan fingerprint density at radius 3 is 2.62 bits per heavy atom. The van der Waals surface area contributed by atoms with E-state index in [1.165, 1.54) is 6.07 Å². The van der Waals surface area contributed by atoms with E-state index in [2.05, 4.69) is 0 Å². The fourth-order valence-electron chi connectivity index (χ4n) is 2.13. The van der Waals surface area contributed by atoms with E-state index in [1.54, 1.807) is 25.3 Å². The fourth-order valence-corrected chi connectivity index (χ4v) is 2.30. The van der Waals surface area contributed by atoms with Crippen molar-refractivity contribution in [3.8, 4) is 5.75 Å². The lowest BCUT2D eigenvalue weighted by molar-refractivity contribution is 0.415. The lowest BCUT2D eigenvalue weighted by Gasteiger charge is -2.23. The van der Waals surface area contributed by atoms with Gasteiger partial charge in [0.05, 0.1) is 12.8 Å². The van der Waals surface area contributed by atoms with Crippen LogP contribution in [0, 0.1) is 5.82 Å². The molecule has 0 unspecified atom stereocenters. The first-order valence-electron chi connectivity index (χ1n) is 6.45. The van der Waals surface area contributed by atoms with Crippen molar-refractivity contribution in [2.24, 2.45) is 5.73 Å². The third kappa shape index (κ3) is 3.49. The number of ether oxygens (including phenoxy) is 1. The smallest absolute Gasteiger partial charge is 0.128 e. The van der Waals surface area contributed by atoms with Crippen molar-refractivity contribution in [3.63, 3.8) is 0 Å². The number of benzene rings is 2. The van der Waals surface area contributed by atoms with E-state index in [-0.39, 0.29) is 5.82 Å². The number of methoxy groups -OCH3 is 1. The van der Waals surface area contributed by atoms with E-state index >= 15 is 0 Å². The number of hydrogen-bond acceptors (Lipinski definition) is 3. The summed E-state index contributed by atoms with van der Waals surface area (Å²) in [6, 6.07) is 12.1. The summed E-state index contributed by atoms with van der Waals surface area (Å²) >= 11 is 5.07. The molecule has 0 aromatic heterocycles. The van der Waals surface area contributed by atoms with Gasteiger partial charge in [-0.3, -0.25) is 0 Å². The Hall–Kier alpha value is -2.14. The zero-order chi connectivity index (χ0) is 15.4. The summed E-state index contributed by atoms with van der Waals surface area (Å²) in [4.78, 5) is 2.20. The van der Waals surface area contributed by atoms with Crippen LogP contribution < -0.4 is 15.4 Å². The maximum Gasteiger partial charge on any atom is 0.128 e. The van der Waals surface area contributed by atoms with Crippen molar-refractivity contribution in [3.05, 3.63) is 59.4 Å². The maximum absolute atomic E-state index is 13.8. The lowest BCUT2D eigenvalue weighted by Crippen LogP contribution is -2.22. The van der Waals surface area contributed by atoms with E-state index in [1.807, 2.05) is 30.1 Å². The average molecular weight is 304 g/mol. The molecule has 2 aromatic rings. The zero-order valence-corrected chi connectivity index (χ0v) is 12.8. The molecule has 0 radical (unpaired) electrons. The van der Waals surface area contributed by atoms with Gasteiger partial charge >= 0.3 is 0 Å². The number of nitrogens with zero attached hydrogens (tertiary/aromatic N) is 1. The highest BCUT2D eigenvalue weighted by Crippen LogP contribution is 2.27. The van der Waals surface area contributed by atoms with Crippen LogP contribution in [0.4, 0.5) is 10.1 Å². The van der Waals surface area contributed by atoms with Gasteiger partial charge in [-0.25, -0.2) is 4.39 Å². The lowest BCUT2D eigenvalue weighted by atomic mass is 10.1. The minimum absolute atomic E-state index is 0.232. The molecule has 2 N–H and O–H groups in total. The fraction of sp³-hybridized carbons (Fsp3) is 0.188. The van der Waals surface area contributed by atoms with Crippen molar-refractivity contribution in [1.82, 2.24) is 0 Å². The number of rotatable bonds is 5. The van der Waals surface area contributed by atoms with Crippen LogP contribution in [0.2, 0.25) is 0 Å². The number of nitrogens with two attached hydrogens (primary N) is 1. The third-order valence-corrected chi connectivity index (χ3v) is 3.47. The summed E-state index contributed by atoms with van der Waals surface area (Å²) in [6.45, 7) is 0.412. The largest absolute Gasteiger partial charge is 0.497 e. The molecule has 0 fully saturated rings. The standard InChI is InChI=1S/C16H17FN2OS/c1-19(10-11-5-3-4-6-14(11)17)15-9-12(20-2)7-8-13(15)16(18)21/h3-9H,10H2,1-2H3,(H2,18,21). The van der Waals surface area contributed by atoms with Gasteiger partial charge in [-0.15, -0.1) is 0 Å². The predicted octanol–water partition coefficient (Wildman–Crippen LogP) is 3.10. The molecule has 5 heteroatoms. The summed E-state index contributed by atoms with van der Waals surface area (Å²) in [5, 5.41) is 0. The second-order valence-corrected chi connectivity index (χ2v) is 5.13. The number of thiocarbonyl (C=S) groups is 1. The molecule has 0 aliphatic rings. The highest BCUT2D eigenvalue weighted by molar-refractivity contribution is 7.80. The molecule has 0 aliphatic heterocycles. The van der Waals surface area contributed by atoms with Crippen molar-refractivity contribution in [2.75, 3.05) is 19.1 Å². The van der Waals surface area contributed by atoms with Crippen LogP contribution in [0.5, 0.6) is 5.75 Å². The van der Waals surface area contributed by atoms with Crippen LogP contribution >= 0.6 is 12.2 Å². The second-order valence-electron chi connectivity index (χ2n) is 4.69. The first-order chi connectivity index (χ1) is 10.0. The summed E-state index contributed by atoms with van der Waals surface area (Å²) in [5.74, 6) is 0.467. The molecule has 0 atom stereocenters. The van der Waals surface area contributed by atoms with Crippen molar-refractivity contribution in [2.45, 2.75) is 6.54 Å². The van der Waals surface area contributed by atoms with Gasteiger partial charge in [-0.05, 0) is 18.2 Å². The van der Waals surface area contributed by atoms with Crippen LogP contribution in [0.15, 0.2) is 42.5 Å². The highest BCUT2D eigenvalue weighted by Gasteiger charge is 2.13. The van der Waals surface area contributed by atoms with E-state index in [4.69, 9.17) is 22.7 Å². The molecule has 0 bridgehead atoms. The Labute approximate surface area is 129 Å². The monoisotopic (exact) mass is 304 g/mol. The topological polar surface area (TPSA) is 38.5 Å². The third-order valence-electron chi connectivity index (χ3n) is 3.25. The van der Waals surface area contributed by atoms with Gasteiger partial charge in [-0.2, -0.15) is 0 Å². The Morgan fingerprint density at radius 2 is 2.00 bits per heavy atom. The molecular weight excluding hydrogens is 287 g/mol. The van der Waals surface area contributed by atoms with Gasteiger partial charge < -0.3 is 15.4 Å². The Bertz CT molecular complexity index is 660. The normalized spacial score (nSPS) is 10.2. The highest BCUT2D eigenvalue weighted by atomic mass is 32.1. The minimum Gasteiger partial charge on any atom is -0.497 e. The molecule has 0 spiro atoms. The van der Waals surface area contributed by atoms with Crippen molar-refractivity contribution < 1.29 is 9.13 Å². The van der Waals surface area contributed by atoms with E-state index in [0.717, 1.165) is 11.3 Å². The number of hydrogen-bond donors (Lipinski definition) is 1. The van der Waals surface area contributed by atoms with Crippen molar-refractivity contribution >= 4 is 22.9 Å². The molecule has 110 valence electrons. The van der Waals surface area contributed by atoms with Crippen LogP contribution in [0.3, 0.4) is 0 Å². The Morgan fingerprint density at radius 1 is 1.29 bits per heavy atom. The summed E-state index contributed by atoms with van der Waals surface area (Å²) in [5.41, 5.74) is 7.92. The summed E-state index contributed by atoms with van der Waals surface area (Å²) in [7, 11) is 3.46. The maximum atomic E-state index is 13.8. The molecule has 0 heterocycles. The Balaban J connectivity index is 2.35. The average Bonchev–Trinajstić information content (AvgIpc) is 2.48. The van der Waals surface area contributed by atoms with Gasteiger partial charge in [0, 0.05) is 30.8 Å². The molecule has 0 saturated heterocycles. The number of halogens is 1. The molecule has 21 heavy (non-hydrogen) atoms. The second kappa shape index (κ2) is 6.54. The van der Waals surface area contributed by atoms with Gasteiger partial charge in [0.1, 0.15) is 16.6 Å². The van der Waals surface area contributed by atoms with Crippen molar-refractivity contribution in [1.29, 1.82) is 0 Å². The van der Waals surface area contributed by atoms with E-state index < -0.39 is 0 Å². The summed E-state index contributed by atoms with van der Waals surface area (Å²) < 4.78 is 19.0. The molecule has 3 nitrogen and oxygen atoms in total. The zero-order valence-electron chi connectivity index (χ0n) is 12.0. The number of anilines is 1. The molecule has 0 aliphatic carbocycles. The Kier molecular flexibility index (Phi) is 4.75. The molecule has 0 amide bonds. The van der Waals surface area contributed by atoms with E-state index in [0.29, 0.717) is 22.8 Å².